The zero-order valence-electron chi connectivity index (χ0n) is 13.5. The Hall–Kier alpha value is -0.150. The van der Waals surface area contributed by atoms with Crippen molar-refractivity contribution in [3.63, 3.8) is 0 Å². The molecule has 0 N–H and O–H groups in total. The van der Waals surface area contributed by atoms with E-state index in [1.165, 1.54) is 13.8 Å². The number of rotatable bonds is 5. The van der Waals surface area contributed by atoms with Crippen molar-refractivity contribution in [2.45, 2.75) is 88.5 Å². The molecule has 0 saturated carbocycles. The Bertz CT molecular complexity index is 372. The van der Waals surface area contributed by atoms with Crippen LogP contribution < -0.4 is 0 Å². The van der Waals surface area contributed by atoms with Gasteiger partial charge in [-0.3, -0.25) is 0 Å². The third-order valence-corrected chi connectivity index (χ3v) is 6.15. The average Bonchev–Trinajstić information content (AvgIpc) is 2.37. The first-order valence-electron chi connectivity index (χ1n) is 8.31. The van der Waals surface area contributed by atoms with Gasteiger partial charge < -0.3 is 0 Å². The molecule has 21 heavy (non-hydrogen) atoms. The Morgan fingerprint density at radius 2 is 1.62 bits per heavy atom. The van der Waals surface area contributed by atoms with Gasteiger partial charge in [0.2, 0.25) is 7.28 Å². The van der Waals surface area contributed by atoms with Crippen molar-refractivity contribution < 1.29 is 17.6 Å². The first kappa shape index (κ1) is 17.2. The molecule has 2 fully saturated rings. The lowest BCUT2D eigenvalue weighted by atomic mass is 9.22. The van der Waals surface area contributed by atoms with E-state index < -0.39 is 29.7 Å². The Morgan fingerprint density at radius 3 is 2.10 bits per heavy atom. The molecule has 2 heterocycles. The molecule has 2 saturated heterocycles. The van der Waals surface area contributed by atoms with Gasteiger partial charge in [-0.1, -0.05) is 70.3 Å². The van der Waals surface area contributed by atoms with Crippen molar-refractivity contribution >= 4 is 14.6 Å². The summed E-state index contributed by atoms with van der Waals surface area (Å²) < 4.78 is 57.8. The van der Waals surface area contributed by atoms with E-state index in [-0.39, 0.29) is 6.42 Å². The summed E-state index contributed by atoms with van der Waals surface area (Å²) in [7, 11) is 0.0954. The molecule has 0 unspecified atom stereocenters. The van der Waals surface area contributed by atoms with Crippen molar-refractivity contribution in [2.75, 3.05) is 0 Å². The predicted octanol–water partition coefficient (Wildman–Crippen LogP) is 4.80. The van der Waals surface area contributed by atoms with Gasteiger partial charge in [-0.05, 0) is 6.42 Å². The molecule has 120 valence electrons. The molecule has 0 amide bonds. The Labute approximate surface area is 126 Å². The molecule has 2 aliphatic rings. The maximum atomic E-state index is 14.5. The molecule has 6 heteroatoms. The van der Waals surface area contributed by atoms with Gasteiger partial charge in [-0.25, -0.2) is 17.6 Å². The minimum atomic E-state index is -3.95. The van der Waals surface area contributed by atoms with Gasteiger partial charge in [-0.15, -0.1) is 0 Å². The zero-order valence-corrected chi connectivity index (χ0v) is 13.5. The minimum absolute atomic E-state index is 0.0468. The second kappa shape index (κ2) is 5.49. The molecule has 0 atom stereocenters. The summed E-state index contributed by atoms with van der Waals surface area (Å²) in [5.41, 5.74) is -1.67. The lowest BCUT2D eigenvalue weighted by Crippen LogP contribution is -2.58. The number of fused-ring (bicyclic) bond motifs is 2. The summed E-state index contributed by atoms with van der Waals surface area (Å²) in [6, 6.07) is 0. The molecule has 0 aliphatic carbocycles. The molecule has 2 bridgehead atoms. The maximum absolute atomic E-state index is 14.5. The number of alkyl halides is 4. The summed E-state index contributed by atoms with van der Waals surface area (Å²) in [5.74, 6) is -7.38. The van der Waals surface area contributed by atoms with Gasteiger partial charge in [0.15, 0.2) is 0 Å². The molecule has 0 radical (unpaired) electrons. The highest BCUT2D eigenvalue weighted by Gasteiger charge is 2.66. The van der Waals surface area contributed by atoms with Crippen LogP contribution in [-0.4, -0.2) is 26.3 Å². The Balaban J connectivity index is 2.20. The summed E-state index contributed by atoms with van der Waals surface area (Å²) >= 11 is 0. The first-order chi connectivity index (χ1) is 9.55. The quantitative estimate of drug-likeness (QED) is 0.506. The molecular formula is C15H26B2F4. The molecule has 0 aromatic carbocycles. The van der Waals surface area contributed by atoms with E-state index >= 15 is 0 Å². The van der Waals surface area contributed by atoms with E-state index in [4.69, 9.17) is 0 Å². The van der Waals surface area contributed by atoms with Crippen LogP contribution in [0, 0.1) is 5.41 Å². The van der Waals surface area contributed by atoms with E-state index in [0.29, 0.717) is 18.7 Å². The third kappa shape index (κ3) is 3.01. The first-order valence-corrected chi connectivity index (χ1v) is 8.31. The van der Waals surface area contributed by atoms with Crippen molar-refractivity contribution in [1.29, 1.82) is 0 Å². The third-order valence-electron chi connectivity index (χ3n) is 6.15. The summed E-state index contributed by atoms with van der Waals surface area (Å²) in [6.45, 7) is 4.06. The van der Waals surface area contributed by atoms with Crippen LogP contribution in [0.3, 0.4) is 0 Å². The molecule has 0 aromatic heterocycles. The maximum Gasteiger partial charge on any atom is 0.306 e. The number of hydrogen-bond acceptors (Lipinski definition) is 0. The molecule has 2 rings (SSSR count). The van der Waals surface area contributed by atoms with Gasteiger partial charge >= 0.3 is 5.92 Å². The second-order valence-corrected chi connectivity index (χ2v) is 8.05. The van der Waals surface area contributed by atoms with E-state index in [1.54, 1.807) is 6.92 Å². The number of halogens is 4. The minimum Gasteiger partial charge on any atom is -0.211 e. The fraction of sp³-hybridized carbons (Fsp3) is 1.00. The topological polar surface area (TPSA) is 0 Å². The van der Waals surface area contributed by atoms with Crippen LogP contribution in [0.4, 0.5) is 17.6 Å². The number of hydrogen-bond donors (Lipinski definition) is 0. The van der Waals surface area contributed by atoms with Gasteiger partial charge in [-0.2, -0.15) is 0 Å². The smallest absolute Gasteiger partial charge is 0.211 e. The van der Waals surface area contributed by atoms with Crippen LogP contribution >= 0.6 is 0 Å². The molecule has 0 spiro atoms. The van der Waals surface area contributed by atoms with Gasteiger partial charge in [0, 0.05) is 5.41 Å². The monoisotopic (exact) mass is 304 g/mol. The predicted molar refractivity (Wildman–Crippen MR) is 82.4 cm³/mol. The fourth-order valence-corrected chi connectivity index (χ4v) is 4.37. The molecule has 0 aromatic rings. The van der Waals surface area contributed by atoms with Crippen LogP contribution in [0.1, 0.15) is 65.7 Å². The van der Waals surface area contributed by atoms with Gasteiger partial charge in [0.25, 0.3) is 5.82 Å². The molecule has 0 nitrogen and oxygen atoms in total. The fourth-order valence-electron chi connectivity index (χ4n) is 4.37. The largest absolute Gasteiger partial charge is 0.306 e. The van der Waals surface area contributed by atoms with Crippen molar-refractivity contribution in [1.82, 2.24) is 0 Å². The van der Waals surface area contributed by atoms with Crippen LogP contribution in [0.2, 0.25) is 11.0 Å². The van der Waals surface area contributed by atoms with E-state index in [1.807, 2.05) is 0 Å². The van der Waals surface area contributed by atoms with E-state index in [9.17, 15) is 17.6 Å². The summed E-state index contributed by atoms with van der Waals surface area (Å²) in [4.78, 5) is 0. The van der Waals surface area contributed by atoms with E-state index in [0.717, 1.165) is 33.0 Å². The van der Waals surface area contributed by atoms with Crippen molar-refractivity contribution in [3.05, 3.63) is 0 Å². The van der Waals surface area contributed by atoms with Gasteiger partial charge in [0.1, 0.15) is 7.28 Å². The average molecular weight is 304 g/mol. The summed E-state index contributed by atoms with van der Waals surface area (Å²) in [6.07, 6.45) is 5.45. The zero-order chi connectivity index (χ0) is 15.9. The lowest BCUT2D eigenvalue weighted by molar-refractivity contribution is -0.223. The second-order valence-electron chi connectivity index (χ2n) is 8.05. The highest BCUT2D eigenvalue weighted by Crippen LogP contribution is 2.56. The lowest BCUT2D eigenvalue weighted by Gasteiger charge is -2.48. The van der Waals surface area contributed by atoms with Crippen LogP contribution in [-0.2, 0) is 0 Å². The standard InChI is InChI=1S/C15H26B2F4/c1-4-12(2,3)14(18,19)15(20,21)17-13-9-5-7-11(16-13)8-6-10-13/h11,16-17H,4-10H2,1-3H3. The highest BCUT2D eigenvalue weighted by atomic mass is 19.3. The Kier molecular flexibility index (Phi) is 4.50. The Morgan fingerprint density at radius 1 is 1.10 bits per heavy atom. The SMILES string of the molecule is CCC(C)(C)C(F)(F)C(F)(F)BC12BC(CCC1)CCC2. The normalized spacial score (nSPS) is 30.7. The van der Waals surface area contributed by atoms with Crippen molar-refractivity contribution in [2.24, 2.45) is 5.41 Å². The highest BCUT2D eigenvalue weighted by molar-refractivity contribution is 6.65. The van der Waals surface area contributed by atoms with Gasteiger partial charge in [0.05, 0.1) is 0 Å². The van der Waals surface area contributed by atoms with Crippen molar-refractivity contribution in [3.8, 4) is 0 Å². The molecular weight excluding hydrogens is 278 g/mol. The van der Waals surface area contributed by atoms with Crippen LogP contribution in [0.15, 0.2) is 0 Å². The van der Waals surface area contributed by atoms with Crippen LogP contribution in [0.25, 0.3) is 0 Å². The summed E-state index contributed by atoms with van der Waals surface area (Å²) in [5, 5.41) is -0.544. The van der Waals surface area contributed by atoms with E-state index in [2.05, 4.69) is 0 Å². The molecule has 2 aliphatic heterocycles. The van der Waals surface area contributed by atoms with Crippen LogP contribution in [0.5, 0.6) is 0 Å².